The Hall–Kier alpha value is -2.04. The fraction of sp³-hybridized carbons (Fsp3) is 0.278. The summed E-state index contributed by atoms with van der Waals surface area (Å²) in [5.41, 5.74) is 0.841. The number of carbonyl (C=O) groups is 1. The van der Waals surface area contributed by atoms with Gasteiger partial charge in [0.05, 0.1) is 0 Å². The molecular formula is C18H20ClNO3. The van der Waals surface area contributed by atoms with Crippen molar-refractivity contribution in [1.29, 1.82) is 0 Å². The molecule has 2 atom stereocenters. The molecule has 0 aromatic heterocycles. The van der Waals surface area contributed by atoms with Crippen LogP contribution >= 0.6 is 11.6 Å². The van der Waals surface area contributed by atoms with Crippen LogP contribution in [-0.4, -0.2) is 25.7 Å². The van der Waals surface area contributed by atoms with Crippen LogP contribution in [0, 0.1) is 0 Å². The summed E-state index contributed by atoms with van der Waals surface area (Å²) in [6.07, 6.45) is -0.905. The van der Waals surface area contributed by atoms with Gasteiger partial charge in [0.25, 0.3) is 5.91 Å². The van der Waals surface area contributed by atoms with E-state index >= 15 is 0 Å². The Morgan fingerprint density at radius 3 is 2.43 bits per heavy atom. The Labute approximate surface area is 141 Å². The number of para-hydroxylation sites is 1. The second-order valence-electron chi connectivity index (χ2n) is 5.06. The van der Waals surface area contributed by atoms with E-state index < -0.39 is 6.10 Å². The summed E-state index contributed by atoms with van der Waals surface area (Å²) in [6, 6.07) is 16.7. The quantitative estimate of drug-likeness (QED) is 0.842. The van der Waals surface area contributed by atoms with Crippen molar-refractivity contribution < 1.29 is 14.3 Å². The zero-order valence-corrected chi connectivity index (χ0v) is 13.9. The van der Waals surface area contributed by atoms with Gasteiger partial charge in [-0.25, -0.2) is 0 Å². The fourth-order valence-electron chi connectivity index (χ4n) is 2.15. The Balaban J connectivity index is 1.91. The van der Waals surface area contributed by atoms with Crippen LogP contribution < -0.4 is 10.1 Å². The molecular weight excluding hydrogens is 314 g/mol. The molecule has 0 fully saturated rings. The largest absolute Gasteiger partial charge is 0.481 e. The van der Waals surface area contributed by atoms with Gasteiger partial charge in [0, 0.05) is 24.2 Å². The van der Waals surface area contributed by atoms with Crippen molar-refractivity contribution in [3.05, 3.63) is 65.2 Å². The third kappa shape index (κ3) is 4.98. The standard InChI is InChI=1S/C18H20ClNO3/c1-13(23-14-8-4-3-5-9-14)18(21)20-12-17(22-2)15-10-6-7-11-16(15)19/h3-11,13,17H,12H2,1-2H3,(H,20,21)/t13-,17+/m1/s1. The zero-order valence-electron chi connectivity index (χ0n) is 13.2. The number of ether oxygens (including phenoxy) is 2. The first-order valence-electron chi connectivity index (χ1n) is 7.38. The maximum absolute atomic E-state index is 12.2. The van der Waals surface area contributed by atoms with E-state index in [4.69, 9.17) is 21.1 Å². The third-order valence-corrected chi connectivity index (χ3v) is 3.77. The molecule has 0 radical (unpaired) electrons. The highest BCUT2D eigenvalue weighted by Gasteiger charge is 2.18. The Bertz CT molecular complexity index is 633. The summed E-state index contributed by atoms with van der Waals surface area (Å²) in [5.74, 6) is 0.451. The van der Waals surface area contributed by atoms with E-state index in [1.54, 1.807) is 20.1 Å². The number of benzene rings is 2. The van der Waals surface area contributed by atoms with Crippen molar-refractivity contribution in [2.75, 3.05) is 13.7 Å². The predicted molar refractivity (Wildman–Crippen MR) is 90.7 cm³/mol. The molecule has 2 rings (SSSR count). The summed E-state index contributed by atoms with van der Waals surface area (Å²) in [7, 11) is 1.59. The molecule has 0 aliphatic rings. The molecule has 0 unspecified atom stereocenters. The van der Waals surface area contributed by atoms with Gasteiger partial charge in [0.15, 0.2) is 6.10 Å². The molecule has 0 saturated heterocycles. The number of nitrogens with one attached hydrogen (secondary N) is 1. The lowest BCUT2D eigenvalue weighted by Crippen LogP contribution is -2.38. The van der Waals surface area contributed by atoms with Crippen LogP contribution in [0.15, 0.2) is 54.6 Å². The Morgan fingerprint density at radius 1 is 1.13 bits per heavy atom. The lowest BCUT2D eigenvalue weighted by Gasteiger charge is -2.20. The minimum atomic E-state index is -0.596. The highest BCUT2D eigenvalue weighted by Crippen LogP contribution is 2.24. The van der Waals surface area contributed by atoms with Gasteiger partial charge in [0.2, 0.25) is 0 Å². The van der Waals surface area contributed by atoms with Gasteiger partial charge in [-0.2, -0.15) is 0 Å². The summed E-state index contributed by atoms with van der Waals surface area (Å²) < 4.78 is 11.0. The van der Waals surface area contributed by atoms with Crippen molar-refractivity contribution in [3.8, 4) is 5.75 Å². The van der Waals surface area contributed by atoms with Gasteiger partial charge in [-0.1, -0.05) is 48.0 Å². The van der Waals surface area contributed by atoms with Crippen LogP contribution in [0.2, 0.25) is 5.02 Å². The van der Waals surface area contributed by atoms with Gasteiger partial charge in [0.1, 0.15) is 11.9 Å². The molecule has 5 heteroatoms. The van der Waals surface area contributed by atoms with Crippen LogP contribution in [0.5, 0.6) is 5.75 Å². The first-order valence-corrected chi connectivity index (χ1v) is 7.76. The average molecular weight is 334 g/mol. The maximum Gasteiger partial charge on any atom is 0.260 e. The molecule has 23 heavy (non-hydrogen) atoms. The molecule has 1 N–H and O–H groups in total. The number of amides is 1. The minimum Gasteiger partial charge on any atom is -0.481 e. The second-order valence-corrected chi connectivity index (χ2v) is 5.47. The number of methoxy groups -OCH3 is 1. The van der Waals surface area contributed by atoms with Gasteiger partial charge < -0.3 is 14.8 Å². The molecule has 0 spiro atoms. The number of halogens is 1. The van der Waals surface area contributed by atoms with Crippen LogP contribution in [-0.2, 0) is 9.53 Å². The van der Waals surface area contributed by atoms with Gasteiger partial charge >= 0.3 is 0 Å². The number of carbonyl (C=O) groups excluding carboxylic acids is 1. The molecule has 0 bridgehead atoms. The molecule has 0 aliphatic heterocycles. The van der Waals surface area contributed by atoms with E-state index in [1.165, 1.54) is 0 Å². The number of rotatable bonds is 7. The van der Waals surface area contributed by atoms with E-state index in [0.717, 1.165) is 5.56 Å². The van der Waals surface area contributed by atoms with E-state index in [-0.39, 0.29) is 12.0 Å². The summed E-state index contributed by atoms with van der Waals surface area (Å²) >= 11 is 6.17. The molecule has 2 aromatic rings. The van der Waals surface area contributed by atoms with Gasteiger partial charge in [-0.3, -0.25) is 4.79 Å². The van der Waals surface area contributed by atoms with Gasteiger partial charge in [-0.05, 0) is 25.1 Å². The Kier molecular flexibility index (Phi) is 6.44. The average Bonchev–Trinajstić information content (AvgIpc) is 2.57. The van der Waals surface area contributed by atoms with Crippen molar-refractivity contribution >= 4 is 17.5 Å². The SMILES string of the molecule is CO[C@@H](CNC(=O)[C@@H](C)Oc1ccccc1)c1ccccc1Cl. The summed E-state index contributed by atoms with van der Waals surface area (Å²) in [4.78, 5) is 12.2. The van der Waals surface area contributed by atoms with Crippen molar-refractivity contribution in [2.45, 2.75) is 19.1 Å². The van der Waals surface area contributed by atoms with E-state index in [1.807, 2.05) is 48.5 Å². The third-order valence-electron chi connectivity index (χ3n) is 3.42. The molecule has 2 aromatic carbocycles. The highest BCUT2D eigenvalue weighted by atomic mass is 35.5. The molecule has 0 heterocycles. The highest BCUT2D eigenvalue weighted by molar-refractivity contribution is 6.31. The Morgan fingerprint density at radius 2 is 1.78 bits per heavy atom. The maximum atomic E-state index is 12.2. The second kappa shape index (κ2) is 8.56. The normalized spacial score (nSPS) is 13.2. The first kappa shape index (κ1) is 17.3. The predicted octanol–water partition coefficient (Wildman–Crippen LogP) is 3.61. The summed E-state index contributed by atoms with van der Waals surface area (Å²) in [6.45, 7) is 2.03. The fourth-order valence-corrected chi connectivity index (χ4v) is 2.41. The van der Waals surface area contributed by atoms with Crippen LogP contribution in [0.25, 0.3) is 0 Å². The van der Waals surface area contributed by atoms with Crippen LogP contribution in [0.1, 0.15) is 18.6 Å². The van der Waals surface area contributed by atoms with Crippen molar-refractivity contribution in [2.24, 2.45) is 0 Å². The zero-order chi connectivity index (χ0) is 16.7. The van der Waals surface area contributed by atoms with E-state index in [0.29, 0.717) is 17.3 Å². The molecule has 4 nitrogen and oxygen atoms in total. The van der Waals surface area contributed by atoms with Crippen LogP contribution in [0.4, 0.5) is 0 Å². The minimum absolute atomic E-state index is 0.206. The van der Waals surface area contributed by atoms with Crippen LogP contribution in [0.3, 0.4) is 0 Å². The lowest BCUT2D eigenvalue weighted by molar-refractivity contribution is -0.127. The van der Waals surface area contributed by atoms with E-state index in [2.05, 4.69) is 5.32 Å². The molecule has 0 saturated carbocycles. The van der Waals surface area contributed by atoms with Gasteiger partial charge in [-0.15, -0.1) is 0 Å². The molecule has 0 aliphatic carbocycles. The lowest BCUT2D eigenvalue weighted by atomic mass is 10.1. The molecule has 1 amide bonds. The van der Waals surface area contributed by atoms with Crippen molar-refractivity contribution in [1.82, 2.24) is 5.32 Å². The van der Waals surface area contributed by atoms with E-state index in [9.17, 15) is 4.79 Å². The first-order chi connectivity index (χ1) is 11.1. The number of hydrogen-bond acceptors (Lipinski definition) is 3. The number of hydrogen-bond donors (Lipinski definition) is 1. The molecule has 122 valence electrons. The topological polar surface area (TPSA) is 47.6 Å². The summed E-state index contributed by atoms with van der Waals surface area (Å²) in [5, 5.41) is 3.44. The monoisotopic (exact) mass is 333 g/mol. The van der Waals surface area contributed by atoms with Crippen molar-refractivity contribution in [3.63, 3.8) is 0 Å². The smallest absolute Gasteiger partial charge is 0.260 e.